The van der Waals surface area contributed by atoms with Gasteiger partial charge in [-0.3, -0.25) is 14.7 Å². The summed E-state index contributed by atoms with van der Waals surface area (Å²) in [7, 11) is 0. The summed E-state index contributed by atoms with van der Waals surface area (Å²) in [6.07, 6.45) is 8.00. The number of ether oxygens (including phenoxy) is 1. The predicted molar refractivity (Wildman–Crippen MR) is 114 cm³/mol. The second-order valence-corrected chi connectivity index (χ2v) is 8.55. The van der Waals surface area contributed by atoms with Crippen molar-refractivity contribution in [3.05, 3.63) is 36.4 Å². The highest BCUT2D eigenvalue weighted by atomic mass is 16.5. The van der Waals surface area contributed by atoms with Crippen molar-refractivity contribution in [2.45, 2.75) is 51.7 Å². The number of carbonyl (C=O) groups is 1. The second kappa shape index (κ2) is 8.28. The molecule has 4 heterocycles. The third-order valence-electron chi connectivity index (χ3n) is 5.94. The number of rotatable bonds is 5. The molecule has 1 atom stereocenters. The zero-order valence-corrected chi connectivity index (χ0v) is 17.8. The summed E-state index contributed by atoms with van der Waals surface area (Å²) >= 11 is 0. The maximum Gasteiger partial charge on any atom is 0.255 e. The maximum absolute atomic E-state index is 13.4. The number of aromatic nitrogens is 3. The van der Waals surface area contributed by atoms with Crippen LogP contribution < -0.4 is 9.80 Å². The first-order chi connectivity index (χ1) is 14.4. The Kier molecular flexibility index (Phi) is 5.71. The van der Waals surface area contributed by atoms with Gasteiger partial charge in [0.05, 0.1) is 17.6 Å². The number of nitrogens with zero attached hydrogens (tertiary/aromatic N) is 5. The summed E-state index contributed by atoms with van der Waals surface area (Å²) in [5.74, 6) is 1.78. The molecule has 0 aromatic carbocycles. The number of hydrogen-bond donors (Lipinski definition) is 1. The Balaban J connectivity index is 1.62. The molecule has 160 valence electrons. The molecule has 8 heteroatoms. The molecule has 0 spiro atoms. The first-order valence-electron chi connectivity index (χ1n) is 10.5. The molecule has 4 rings (SSSR count). The molecule has 1 unspecified atom stereocenters. The van der Waals surface area contributed by atoms with Crippen molar-refractivity contribution in [3.63, 3.8) is 0 Å². The summed E-state index contributed by atoms with van der Waals surface area (Å²) in [4.78, 5) is 30.4. The Hall–Kier alpha value is -2.58. The Bertz CT molecular complexity index is 890. The fourth-order valence-electron chi connectivity index (χ4n) is 4.08. The quantitative estimate of drug-likeness (QED) is 0.809. The van der Waals surface area contributed by atoms with Crippen LogP contribution in [-0.4, -0.2) is 51.8 Å². The van der Waals surface area contributed by atoms with E-state index in [1.54, 1.807) is 49.5 Å². The van der Waals surface area contributed by atoms with Gasteiger partial charge in [0.1, 0.15) is 11.6 Å². The van der Waals surface area contributed by atoms with E-state index in [2.05, 4.69) is 19.9 Å². The summed E-state index contributed by atoms with van der Waals surface area (Å²) in [6, 6.07) is 3.17. The molecule has 2 aromatic heterocycles. The summed E-state index contributed by atoms with van der Waals surface area (Å²) in [6.45, 7) is 7.66. The lowest BCUT2D eigenvalue weighted by Gasteiger charge is -2.40. The second-order valence-electron chi connectivity index (χ2n) is 8.55. The molecule has 1 saturated heterocycles. The lowest BCUT2D eigenvalue weighted by molar-refractivity contribution is -0.119. The number of anilines is 3. The summed E-state index contributed by atoms with van der Waals surface area (Å²) < 4.78 is 5.46. The van der Waals surface area contributed by atoms with E-state index < -0.39 is 5.60 Å². The van der Waals surface area contributed by atoms with E-state index in [9.17, 15) is 9.90 Å². The van der Waals surface area contributed by atoms with Crippen LogP contribution in [0.2, 0.25) is 0 Å². The number of carbonyl (C=O) groups excluding carboxylic acids is 1. The Morgan fingerprint density at radius 1 is 1.13 bits per heavy atom. The number of aliphatic hydroxyl groups is 1. The van der Waals surface area contributed by atoms with Crippen LogP contribution in [0.5, 0.6) is 0 Å². The van der Waals surface area contributed by atoms with E-state index in [1.165, 1.54) is 0 Å². The Morgan fingerprint density at radius 3 is 2.47 bits per heavy atom. The molecule has 1 N–H and O–H groups in total. The van der Waals surface area contributed by atoms with Crippen LogP contribution in [0.3, 0.4) is 0 Å². The number of pyridine rings is 1. The van der Waals surface area contributed by atoms with E-state index in [4.69, 9.17) is 4.74 Å². The third-order valence-corrected chi connectivity index (χ3v) is 5.94. The fourth-order valence-corrected chi connectivity index (χ4v) is 4.08. The van der Waals surface area contributed by atoms with E-state index in [0.717, 1.165) is 39.0 Å². The minimum atomic E-state index is -1.05. The molecule has 8 nitrogen and oxygen atoms in total. The maximum atomic E-state index is 13.4. The molecule has 1 amide bonds. The largest absolute Gasteiger partial charge is 0.384 e. The van der Waals surface area contributed by atoms with Crippen LogP contribution in [0.15, 0.2) is 30.7 Å². The minimum Gasteiger partial charge on any atom is -0.384 e. The van der Waals surface area contributed by atoms with E-state index in [-0.39, 0.29) is 11.9 Å². The molecule has 2 aromatic rings. The molecule has 2 aliphatic heterocycles. The smallest absolute Gasteiger partial charge is 0.255 e. The molecular weight excluding hydrogens is 382 g/mol. The first kappa shape index (κ1) is 20.7. The van der Waals surface area contributed by atoms with Crippen molar-refractivity contribution in [3.8, 4) is 0 Å². The molecule has 0 aliphatic carbocycles. The molecule has 30 heavy (non-hydrogen) atoms. The summed E-state index contributed by atoms with van der Waals surface area (Å²) in [5, 5.41) is 10.2. The normalized spacial score (nSPS) is 20.4. The van der Waals surface area contributed by atoms with Gasteiger partial charge < -0.3 is 14.7 Å². The SMILES string of the molecule is CC1C(=O)N(c2ccc(C(C)(C)O)nc2)c2nccnc2N1CCC1CCOCC1. The molecule has 2 aliphatic rings. The first-order valence-corrected chi connectivity index (χ1v) is 10.5. The highest BCUT2D eigenvalue weighted by molar-refractivity contribution is 6.08. The van der Waals surface area contributed by atoms with Gasteiger partial charge in [-0.2, -0.15) is 0 Å². The van der Waals surface area contributed by atoms with Crippen LogP contribution in [0.4, 0.5) is 17.3 Å². The topological polar surface area (TPSA) is 91.7 Å². The lowest BCUT2D eigenvalue weighted by atomic mass is 9.96. The minimum absolute atomic E-state index is 0.0622. The van der Waals surface area contributed by atoms with Gasteiger partial charge in [0, 0.05) is 32.2 Å². The molecule has 1 fully saturated rings. The van der Waals surface area contributed by atoms with Crippen molar-refractivity contribution in [2.24, 2.45) is 5.92 Å². The monoisotopic (exact) mass is 411 g/mol. The van der Waals surface area contributed by atoms with Crippen LogP contribution in [-0.2, 0) is 15.1 Å². The zero-order chi connectivity index (χ0) is 21.3. The van der Waals surface area contributed by atoms with Gasteiger partial charge in [-0.25, -0.2) is 9.97 Å². The highest BCUT2D eigenvalue weighted by Crippen LogP contribution is 2.37. The highest BCUT2D eigenvalue weighted by Gasteiger charge is 2.38. The van der Waals surface area contributed by atoms with Crippen LogP contribution in [0.1, 0.15) is 45.7 Å². The number of hydrogen-bond acceptors (Lipinski definition) is 7. The standard InChI is InChI=1S/C22H29N5O3/c1-15-21(28)27(17-4-5-18(25-14-17)22(2,3)29)20-19(23-9-10-24-20)26(15)11-6-16-7-12-30-13-8-16/h4-5,9-10,14-16,29H,6-8,11-13H2,1-3H3. The molecule has 0 bridgehead atoms. The van der Waals surface area contributed by atoms with E-state index in [1.807, 2.05) is 6.92 Å². The number of fused-ring (bicyclic) bond motifs is 1. The Labute approximate surface area is 176 Å². The zero-order valence-electron chi connectivity index (χ0n) is 17.8. The van der Waals surface area contributed by atoms with Gasteiger partial charge >= 0.3 is 0 Å². The fraction of sp³-hybridized carbons (Fsp3) is 0.545. The molecular formula is C22H29N5O3. The molecule has 0 saturated carbocycles. The van der Waals surface area contributed by atoms with Crippen LogP contribution >= 0.6 is 0 Å². The average Bonchev–Trinajstić information content (AvgIpc) is 2.74. The van der Waals surface area contributed by atoms with E-state index in [0.29, 0.717) is 28.9 Å². The summed E-state index contributed by atoms with van der Waals surface area (Å²) in [5.41, 5.74) is 0.114. The molecule has 0 radical (unpaired) electrons. The van der Waals surface area contributed by atoms with Crippen LogP contribution in [0.25, 0.3) is 0 Å². The van der Waals surface area contributed by atoms with Crippen molar-refractivity contribution < 1.29 is 14.6 Å². The third kappa shape index (κ3) is 4.02. The average molecular weight is 412 g/mol. The van der Waals surface area contributed by atoms with Gasteiger partial charge in [0.2, 0.25) is 0 Å². The van der Waals surface area contributed by atoms with Crippen molar-refractivity contribution in [2.75, 3.05) is 29.6 Å². The lowest BCUT2D eigenvalue weighted by Crippen LogP contribution is -2.51. The van der Waals surface area contributed by atoms with Crippen molar-refractivity contribution >= 4 is 23.2 Å². The van der Waals surface area contributed by atoms with Gasteiger partial charge in [-0.05, 0) is 58.1 Å². The van der Waals surface area contributed by atoms with Gasteiger partial charge in [0.15, 0.2) is 11.6 Å². The van der Waals surface area contributed by atoms with Gasteiger partial charge in [-0.15, -0.1) is 0 Å². The predicted octanol–water partition coefficient (Wildman–Crippen LogP) is 2.79. The Morgan fingerprint density at radius 2 is 1.83 bits per heavy atom. The van der Waals surface area contributed by atoms with Gasteiger partial charge in [0.25, 0.3) is 5.91 Å². The van der Waals surface area contributed by atoms with Crippen LogP contribution in [0, 0.1) is 5.92 Å². The van der Waals surface area contributed by atoms with Gasteiger partial charge in [-0.1, -0.05) is 0 Å². The van der Waals surface area contributed by atoms with E-state index >= 15 is 0 Å². The number of amides is 1. The van der Waals surface area contributed by atoms with Crippen molar-refractivity contribution in [1.82, 2.24) is 15.0 Å². The van der Waals surface area contributed by atoms with Crippen molar-refractivity contribution in [1.29, 1.82) is 0 Å².